The number of hydrogen-bond acceptors (Lipinski definition) is 4. The van der Waals surface area contributed by atoms with Crippen LogP contribution in [0.1, 0.15) is 22.3 Å². The molecule has 0 fully saturated rings. The van der Waals surface area contributed by atoms with E-state index in [1.165, 1.54) is 0 Å². The van der Waals surface area contributed by atoms with E-state index in [1.807, 2.05) is 44.4 Å². The Bertz CT molecular complexity index is 1010. The van der Waals surface area contributed by atoms with Crippen LogP contribution in [0.4, 0.5) is 0 Å². The molecule has 3 rings (SSSR count). The SMILES string of the molecule is Cc1c(-c2ccccc2)oc2c(C(=O)NCCCN(C)C)cccc2c1=O. The number of amides is 1. The molecule has 0 saturated heterocycles. The van der Waals surface area contributed by atoms with Crippen molar-refractivity contribution in [3.8, 4) is 11.3 Å². The maximum Gasteiger partial charge on any atom is 0.255 e. The van der Waals surface area contributed by atoms with Crippen molar-refractivity contribution in [2.45, 2.75) is 13.3 Å². The lowest BCUT2D eigenvalue weighted by Crippen LogP contribution is -2.27. The third-order valence-corrected chi connectivity index (χ3v) is 4.49. The van der Waals surface area contributed by atoms with Gasteiger partial charge in [0.2, 0.25) is 0 Å². The van der Waals surface area contributed by atoms with Crippen LogP contribution >= 0.6 is 0 Å². The Morgan fingerprint density at radius 3 is 2.52 bits per heavy atom. The Kier molecular flexibility index (Phi) is 5.72. The Morgan fingerprint density at radius 1 is 1.07 bits per heavy atom. The first-order valence-electron chi connectivity index (χ1n) is 9.04. The number of rotatable bonds is 6. The van der Waals surface area contributed by atoms with Crippen molar-refractivity contribution in [3.63, 3.8) is 0 Å². The van der Waals surface area contributed by atoms with Crippen LogP contribution in [-0.2, 0) is 0 Å². The zero-order valence-electron chi connectivity index (χ0n) is 15.9. The molecule has 0 aliphatic heterocycles. The number of carbonyl (C=O) groups excluding carboxylic acids is 1. The van der Waals surface area contributed by atoms with Crippen molar-refractivity contribution in [1.29, 1.82) is 0 Å². The van der Waals surface area contributed by atoms with Crippen molar-refractivity contribution < 1.29 is 9.21 Å². The molecule has 0 aliphatic carbocycles. The second-order valence-electron chi connectivity index (χ2n) is 6.85. The smallest absolute Gasteiger partial charge is 0.255 e. The molecule has 1 amide bonds. The molecule has 0 bridgehead atoms. The third-order valence-electron chi connectivity index (χ3n) is 4.49. The van der Waals surface area contributed by atoms with Crippen LogP contribution in [0.25, 0.3) is 22.3 Å². The summed E-state index contributed by atoms with van der Waals surface area (Å²) in [7, 11) is 3.99. The van der Waals surface area contributed by atoms with E-state index in [2.05, 4.69) is 10.2 Å². The average Bonchev–Trinajstić information content (AvgIpc) is 2.68. The van der Waals surface area contributed by atoms with E-state index < -0.39 is 0 Å². The summed E-state index contributed by atoms with van der Waals surface area (Å²) in [6.45, 7) is 3.21. The average molecular weight is 364 g/mol. The van der Waals surface area contributed by atoms with Crippen LogP contribution in [0, 0.1) is 6.92 Å². The molecular weight excluding hydrogens is 340 g/mol. The quantitative estimate of drug-likeness (QED) is 0.681. The molecule has 140 valence electrons. The number of nitrogens with one attached hydrogen (secondary N) is 1. The van der Waals surface area contributed by atoms with E-state index in [0.29, 0.717) is 34.4 Å². The molecule has 0 radical (unpaired) electrons. The lowest BCUT2D eigenvalue weighted by atomic mass is 10.0. The zero-order valence-corrected chi connectivity index (χ0v) is 15.9. The van der Waals surface area contributed by atoms with Crippen LogP contribution in [0.15, 0.2) is 57.7 Å². The van der Waals surface area contributed by atoms with Gasteiger partial charge in [0, 0.05) is 17.7 Å². The van der Waals surface area contributed by atoms with Crippen LogP contribution in [0.5, 0.6) is 0 Å². The lowest BCUT2D eigenvalue weighted by Gasteiger charge is -2.12. The maximum atomic E-state index is 12.8. The van der Waals surface area contributed by atoms with Gasteiger partial charge in [0.15, 0.2) is 11.0 Å². The summed E-state index contributed by atoms with van der Waals surface area (Å²) in [4.78, 5) is 27.6. The maximum absolute atomic E-state index is 12.8. The Hall–Kier alpha value is -2.92. The minimum atomic E-state index is -0.231. The van der Waals surface area contributed by atoms with Crippen LogP contribution in [0.2, 0.25) is 0 Å². The highest BCUT2D eigenvalue weighted by Crippen LogP contribution is 2.27. The predicted octanol–water partition coefficient (Wildman–Crippen LogP) is 3.45. The predicted molar refractivity (Wildman–Crippen MR) is 108 cm³/mol. The summed E-state index contributed by atoms with van der Waals surface area (Å²) in [6.07, 6.45) is 0.849. The second-order valence-corrected chi connectivity index (χ2v) is 6.85. The lowest BCUT2D eigenvalue weighted by molar-refractivity contribution is 0.0953. The van der Waals surface area contributed by atoms with Gasteiger partial charge in [0.05, 0.1) is 10.9 Å². The number of para-hydroxylation sites is 1. The normalized spacial score (nSPS) is 11.1. The molecule has 5 nitrogen and oxygen atoms in total. The van der Waals surface area contributed by atoms with Gasteiger partial charge in [-0.15, -0.1) is 0 Å². The van der Waals surface area contributed by atoms with E-state index in [9.17, 15) is 9.59 Å². The number of carbonyl (C=O) groups is 1. The largest absolute Gasteiger partial charge is 0.455 e. The number of benzene rings is 2. The number of hydrogen-bond donors (Lipinski definition) is 1. The highest BCUT2D eigenvalue weighted by atomic mass is 16.3. The molecule has 0 aliphatic rings. The van der Waals surface area contributed by atoms with Crippen molar-refractivity contribution in [2.75, 3.05) is 27.2 Å². The van der Waals surface area contributed by atoms with E-state index in [1.54, 1.807) is 25.1 Å². The van der Waals surface area contributed by atoms with Gasteiger partial charge in [-0.3, -0.25) is 9.59 Å². The fourth-order valence-corrected chi connectivity index (χ4v) is 3.05. The van der Waals surface area contributed by atoms with Crippen LogP contribution in [-0.4, -0.2) is 38.0 Å². The van der Waals surface area contributed by atoms with Crippen LogP contribution in [0.3, 0.4) is 0 Å². The molecular formula is C22H24N2O3. The highest BCUT2D eigenvalue weighted by molar-refractivity contribution is 6.05. The minimum Gasteiger partial charge on any atom is -0.455 e. The van der Waals surface area contributed by atoms with Crippen molar-refractivity contribution >= 4 is 16.9 Å². The topological polar surface area (TPSA) is 62.6 Å². The molecule has 27 heavy (non-hydrogen) atoms. The molecule has 3 aromatic rings. The summed E-state index contributed by atoms with van der Waals surface area (Å²) in [5.74, 6) is 0.270. The summed E-state index contributed by atoms with van der Waals surface area (Å²) < 4.78 is 6.09. The molecule has 5 heteroatoms. The van der Waals surface area contributed by atoms with Gasteiger partial charge in [-0.25, -0.2) is 0 Å². The molecule has 0 atom stereocenters. The second kappa shape index (κ2) is 8.18. The molecule has 0 unspecified atom stereocenters. The van der Waals surface area contributed by atoms with Gasteiger partial charge < -0.3 is 14.6 Å². The van der Waals surface area contributed by atoms with Gasteiger partial charge in [0.25, 0.3) is 5.91 Å². The molecule has 1 aromatic heterocycles. The molecule has 2 aromatic carbocycles. The molecule has 1 N–H and O–H groups in total. The fraction of sp³-hybridized carbons (Fsp3) is 0.273. The summed E-state index contributed by atoms with van der Waals surface area (Å²) in [6, 6.07) is 14.6. The van der Waals surface area contributed by atoms with Gasteiger partial charge in [-0.2, -0.15) is 0 Å². The van der Waals surface area contributed by atoms with E-state index in [-0.39, 0.29) is 11.3 Å². The highest BCUT2D eigenvalue weighted by Gasteiger charge is 2.18. The van der Waals surface area contributed by atoms with Crippen molar-refractivity contribution in [1.82, 2.24) is 10.2 Å². The standard InChI is InChI=1S/C22H24N2O3/c1-15-19(25)17-11-7-12-18(22(26)23-13-8-14-24(2)3)21(17)27-20(15)16-9-5-4-6-10-16/h4-7,9-12H,8,13-14H2,1-3H3,(H,23,26). The first-order valence-corrected chi connectivity index (χ1v) is 9.04. The Labute approximate surface area is 158 Å². The van der Waals surface area contributed by atoms with Gasteiger partial charge >= 0.3 is 0 Å². The zero-order chi connectivity index (χ0) is 19.4. The number of nitrogens with zero attached hydrogens (tertiary/aromatic N) is 1. The Morgan fingerprint density at radius 2 is 1.81 bits per heavy atom. The third kappa shape index (κ3) is 4.09. The summed E-state index contributed by atoms with van der Waals surface area (Å²) >= 11 is 0. The van der Waals surface area contributed by atoms with Crippen molar-refractivity contribution in [3.05, 3.63) is 69.9 Å². The first-order chi connectivity index (χ1) is 13.0. The summed E-state index contributed by atoms with van der Waals surface area (Å²) in [5.41, 5.74) is 1.95. The number of fused-ring (bicyclic) bond motifs is 1. The van der Waals surface area contributed by atoms with Crippen molar-refractivity contribution in [2.24, 2.45) is 0 Å². The first kappa shape index (κ1) is 18.9. The van der Waals surface area contributed by atoms with Gasteiger partial charge in [-0.1, -0.05) is 36.4 Å². The fourth-order valence-electron chi connectivity index (χ4n) is 3.05. The van der Waals surface area contributed by atoms with Gasteiger partial charge in [-0.05, 0) is 46.1 Å². The molecule has 1 heterocycles. The minimum absolute atomic E-state index is 0.114. The van der Waals surface area contributed by atoms with E-state index in [0.717, 1.165) is 18.5 Å². The summed E-state index contributed by atoms with van der Waals surface area (Å²) in [5, 5.41) is 3.34. The molecule has 0 spiro atoms. The monoisotopic (exact) mass is 364 g/mol. The van der Waals surface area contributed by atoms with E-state index >= 15 is 0 Å². The van der Waals surface area contributed by atoms with E-state index in [4.69, 9.17) is 4.42 Å². The van der Waals surface area contributed by atoms with Crippen LogP contribution < -0.4 is 10.7 Å². The van der Waals surface area contributed by atoms with Gasteiger partial charge in [0.1, 0.15) is 5.76 Å². The molecule has 0 saturated carbocycles. The Balaban J connectivity index is 2.01.